The molecule has 0 aliphatic heterocycles. The van der Waals surface area contributed by atoms with Crippen molar-refractivity contribution in [1.29, 1.82) is 0 Å². The summed E-state index contributed by atoms with van der Waals surface area (Å²) in [6, 6.07) is 0. The van der Waals surface area contributed by atoms with Crippen molar-refractivity contribution in [1.82, 2.24) is 10.1 Å². The molecule has 0 bridgehead atoms. The van der Waals surface area contributed by atoms with E-state index >= 15 is 0 Å². The second-order valence-corrected chi connectivity index (χ2v) is 2.69. The van der Waals surface area contributed by atoms with Gasteiger partial charge in [-0.3, -0.25) is 0 Å². The van der Waals surface area contributed by atoms with Crippen LogP contribution in [-0.2, 0) is 6.42 Å². The van der Waals surface area contributed by atoms with Gasteiger partial charge in [-0.15, -0.1) is 0 Å². The molecule has 0 fully saturated rings. The van der Waals surface area contributed by atoms with Crippen LogP contribution in [0, 0.1) is 6.92 Å². The van der Waals surface area contributed by atoms with Gasteiger partial charge in [-0.2, -0.15) is 4.98 Å². The predicted molar refractivity (Wildman–Crippen MR) is 42.3 cm³/mol. The smallest absolute Gasteiger partial charge is 0.226 e. The van der Waals surface area contributed by atoms with Crippen LogP contribution in [0.3, 0.4) is 0 Å². The van der Waals surface area contributed by atoms with Crippen molar-refractivity contribution < 1.29 is 4.52 Å². The quantitative estimate of drug-likeness (QED) is 0.623. The average Bonchev–Trinajstić information content (AvgIpc) is 2.37. The Morgan fingerprint density at radius 1 is 1.36 bits per heavy atom. The van der Waals surface area contributed by atoms with Crippen LogP contribution in [0.5, 0.6) is 0 Å². The zero-order valence-corrected chi connectivity index (χ0v) is 7.13. The van der Waals surface area contributed by atoms with Gasteiger partial charge in [-0.25, -0.2) is 0 Å². The molecule has 1 aromatic rings. The minimum Gasteiger partial charge on any atom is -0.339 e. The van der Waals surface area contributed by atoms with Crippen molar-refractivity contribution in [3.05, 3.63) is 11.7 Å². The number of unbranched alkanes of at least 4 members (excludes halogenated alkanes) is 2. The Morgan fingerprint density at radius 2 is 2.18 bits per heavy atom. The molecular formula is C8H14N2O. The highest BCUT2D eigenvalue weighted by molar-refractivity contribution is 4.82. The van der Waals surface area contributed by atoms with Crippen LogP contribution in [0.1, 0.15) is 37.9 Å². The molecule has 1 aromatic heterocycles. The predicted octanol–water partition coefficient (Wildman–Crippen LogP) is 2.11. The molecule has 0 aromatic carbocycles. The van der Waals surface area contributed by atoms with E-state index in [1.54, 1.807) is 0 Å². The van der Waals surface area contributed by atoms with Gasteiger partial charge in [0, 0.05) is 6.42 Å². The van der Waals surface area contributed by atoms with Crippen LogP contribution < -0.4 is 0 Å². The Labute approximate surface area is 66.8 Å². The fourth-order valence-electron chi connectivity index (χ4n) is 0.968. The molecule has 3 nitrogen and oxygen atoms in total. The number of hydrogen-bond acceptors (Lipinski definition) is 3. The van der Waals surface area contributed by atoms with Gasteiger partial charge in [0.2, 0.25) is 5.89 Å². The largest absolute Gasteiger partial charge is 0.339 e. The number of hydrogen-bond donors (Lipinski definition) is 0. The van der Waals surface area contributed by atoms with E-state index in [-0.39, 0.29) is 0 Å². The summed E-state index contributed by atoms with van der Waals surface area (Å²) >= 11 is 0. The Kier molecular flexibility index (Phi) is 3.08. The Balaban J connectivity index is 2.27. The molecule has 0 aliphatic rings. The molecule has 1 rings (SSSR count). The molecule has 0 spiro atoms. The number of aromatic nitrogens is 2. The third kappa shape index (κ3) is 2.70. The van der Waals surface area contributed by atoms with Crippen LogP contribution in [0.25, 0.3) is 0 Å². The summed E-state index contributed by atoms with van der Waals surface area (Å²) in [6.07, 6.45) is 4.54. The molecule has 0 aliphatic carbocycles. The summed E-state index contributed by atoms with van der Waals surface area (Å²) < 4.78 is 4.95. The first-order valence-corrected chi connectivity index (χ1v) is 4.12. The van der Waals surface area contributed by atoms with Crippen LogP contribution in [0.4, 0.5) is 0 Å². The topological polar surface area (TPSA) is 38.9 Å². The van der Waals surface area contributed by atoms with Gasteiger partial charge in [0.05, 0.1) is 0 Å². The zero-order valence-electron chi connectivity index (χ0n) is 7.13. The van der Waals surface area contributed by atoms with Crippen LogP contribution in [-0.4, -0.2) is 10.1 Å². The number of aryl methyl sites for hydroxylation is 2. The van der Waals surface area contributed by atoms with Crippen LogP contribution >= 0.6 is 0 Å². The second kappa shape index (κ2) is 4.11. The third-order valence-corrected chi connectivity index (χ3v) is 1.56. The molecule has 11 heavy (non-hydrogen) atoms. The van der Waals surface area contributed by atoms with Gasteiger partial charge in [0.15, 0.2) is 5.82 Å². The first-order chi connectivity index (χ1) is 5.33. The summed E-state index contributed by atoms with van der Waals surface area (Å²) in [5.74, 6) is 1.51. The highest BCUT2D eigenvalue weighted by Crippen LogP contribution is 2.03. The lowest BCUT2D eigenvalue weighted by Crippen LogP contribution is -1.84. The minimum absolute atomic E-state index is 0.733. The standard InChI is InChI=1S/C8H14N2O/c1-3-4-5-6-8-9-7(2)10-11-8/h3-6H2,1-2H3. The van der Waals surface area contributed by atoms with Crippen molar-refractivity contribution in [3.63, 3.8) is 0 Å². The third-order valence-electron chi connectivity index (χ3n) is 1.56. The van der Waals surface area contributed by atoms with Crippen molar-refractivity contribution >= 4 is 0 Å². The van der Waals surface area contributed by atoms with Crippen molar-refractivity contribution in [3.8, 4) is 0 Å². The minimum atomic E-state index is 0.733. The van der Waals surface area contributed by atoms with Gasteiger partial charge >= 0.3 is 0 Å². The Bertz CT molecular complexity index is 208. The normalized spacial score (nSPS) is 10.4. The summed E-state index contributed by atoms with van der Waals surface area (Å²) in [6.45, 7) is 4.02. The van der Waals surface area contributed by atoms with E-state index in [4.69, 9.17) is 4.52 Å². The molecule has 0 N–H and O–H groups in total. The highest BCUT2D eigenvalue weighted by Gasteiger charge is 2.00. The van der Waals surface area contributed by atoms with Crippen molar-refractivity contribution in [2.75, 3.05) is 0 Å². The van der Waals surface area contributed by atoms with Gasteiger partial charge in [-0.1, -0.05) is 24.9 Å². The van der Waals surface area contributed by atoms with Crippen LogP contribution in [0.15, 0.2) is 4.52 Å². The number of rotatable bonds is 4. The maximum Gasteiger partial charge on any atom is 0.226 e. The SMILES string of the molecule is CCCCCc1nc(C)no1. The summed E-state index contributed by atoms with van der Waals surface area (Å²) in [4.78, 5) is 4.10. The lowest BCUT2D eigenvalue weighted by molar-refractivity contribution is 0.370. The van der Waals surface area contributed by atoms with Crippen molar-refractivity contribution in [2.24, 2.45) is 0 Å². The van der Waals surface area contributed by atoms with E-state index in [2.05, 4.69) is 17.1 Å². The van der Waals surface area contributed by atoms with E-state index in [1.807, 2.05) is 6.92 Å². The van der Waals surface area contributed by atoms with Gasteiger partial charge in [0.1, 0.15) is 0 Å². The van der Waals surface area contributed by atoms with Gasteiger partial charge < -0.3 is 4.52 Å². The van der Waals surface area contributed by atoms with Crippen LogP contribution in [0.2, 0.25) is 0 Å². The van der Waals surface area contributed by atoms with E-state index in [1.165, 1.54) is 12.8 Å². The molecule has 62 valence electrons. The fraction of sp³-hybridized carbons (Fsp3) is 0.750. The Morgan fingerprint density at radius 3 is 2.73 bits per heavy atom. The molecule has 0 amide bonds. The first-order valence-electron chi connectivity index (χ1n) is 4.12. The molecule has 3 heteroatoms. The molecule has 0 saturated carbocycles. The van der Waals surface area contributed by atoms with E-state index < -0.39 is 0 Å². The molecule has 0 radical (unpaired) electrons. The molecular weight excluding hydrogens is 140 g/mol. The summed E-state index contributed by atoms with van der Waals surface area (Å²) in [5, 5.41) is 3.71. The molecule has 0 atom stereocenters. The van der Waals surface area contributed by atoms with E-state index in [9.17, 15) is 0 Å². The zero-order chi connectivity index (χ0) is 8.10. The van der Waals surface area contributed by atoms with Crippen molar-refractivity contribution in [2.45, 2.75) is 39.5 Å². The van der Waals surface area contributed by atoms with Gasteiger partial charge in [0.25, 0.3) is 0 Å². The maximum atomic E-state index is 4.95. The lowest BCUT2D eigenvalue weighted by atomic mass is 10.2. The highest BCUT2D eigenvalue weighted by atomic mass is 16.5. The summed E-state index contributed by atoms with van der Waals surface area (Å²) in [5.41, 5.74) is 0. The van der Waals surface area contributed by atoms with E-state index in [0.29, 0.717) is 0 Å². The lowest BCUT2D eigenvalue weighted by Gasteiger charge is -1.90. The summed E-state index contributed by atoms with van der Waals surface area (Å²) in [7, 11) is 0. The molecule has 0 saturated heterocycles. The number of nitrogens with zero attached hydrogens (tertiary/aromatic N) is 2. The Hall–Kier alpha value is -0.860. The fourth-order valence-corrected chi connectivity index (χ4v) is 0.968. The second-order valence-electron chi connectivity index (χ2n) is 2.69. The average molecular weight is 154 g/mol. The first kappa shape index (κ1) is 8.24. The monoisotopic (exact) mass is 154 g/mol. The van der Waals surface area contributed by atoms with E-state index in [0.717, 1.165) is 24.6 Å². The molecule has 1 heterocycles. The molecule has 0 unspecified atom stereocenters. The maximum absolute atomic E-state index is 4.95. The van der Waals surface area contributed by atoms with Gasteiger partial charge in [-0.05, 0) is 13.3 Å².